The molecule has 0 aliphatic rings. The molecule has 0 spiro atoms. The number of hydrogen-bond donors (Lipinski definition) is 0. The van der Waals surface area contributed by atoms with Crippen molar-refractivity contribution in [1.82, 2.24) is 0 Å². The molecule has 0 amide bonds. The van der Waals surface area contributed by atoms with Crippen molar-refractivity contribution in [3.63, 3.8) is 0 Å². The summed E-state index contributed by atoms with van der Waals surface area (Å²) in [5, 5.41) is 6.92. The normalized spacial score (nSPS) is 10.7. The van der Waals surface area contributed by atoms with Gasteiger partial charge in [0.15, 0.2) is 0 Å². The summed E-state index contributed by atoms with van der Waals surface area (Å²) >= 11 is 10.7. The molecule has 0 atom stereocenters. The van der Waals surface area contributed by atoms with Crippen molar-refractivity contribution >= 4 is 46.9 Å². The molecular weight excluding hydrogens is 168 g/mol. The van der Waals surface area contributed by atoms with Crippen molar-refractivity contribution < 1.29 is 0 Å². The van der Waals surface area contributed by atoms with Gasteiger partial charge in [0.25, 0.3) is 0 Å². The molecule has 9 heavy (non-hydrogen) atoms. The van der Waals surface area contributed by atoms with Crippen LogP contribution in [0.4, 0.5) is 0 Å². The first-order chi connectivity index (χ1) is 4.41. The summed E-state index contributed by atoms with van der Waals surface area (Å²) in [5.41, 5.74) is 0. The van der Waals surface area contributed by atoms with Gasteiger partial charge in [-0.05, 0) is 23.0 Å². The Morgan fingerprint density at radius 1 is 0.889 bits per heavy atom. The highest BCUT2D eigenvalue weighted by Crippen LogP contribution is 2.01. The monoisotopic (exact) mass is 174 g/mol. The van der Waals surface area contributed by atoms with E-state index in [0.29, 0.717) is 0 Å². The minimum absolute atomic E-state index is 1.55. The van der Waals surface area contributed by atoms with Gasteiger partial charge in [0.05, 0.1) is 0 Å². The van der Waals surface area contributed by atoms with E-state index in [9.17, 15) is 0 Å². The molecule has 0 fully saturated rings. The highest BCUT2D eigenvalue weighted by molar-refractivity contribution is 8.05. The molecule has 0 aromatic rings. The fourth-order valence-electron chi connectivity index (χ4n) is 0.200. The molecule has 0 rings (SSSR count). The summed E-state index contributed by atoms with van der Waals surface area (Å²) in [4.78, 5) is 0. The van der Waals surface area contributed by atoms with E-state index in [-0.39, 0.29) is 0 Å². The van der Waals surface area contributed by atoms with E-state index in [2.05, 4.69) is 24.4 Å². The second kappa shape index (κ2) is 8.01. The first-order valence-electron chi connectivity index (χ1n) is 2.28. The predicted octanol–water partition coefficient (Wildman–Crippen LogP) is 2.75. The Bertz CT molecular complexity index is 119. The zero-order valence-corrected chi connectivity index (χ0v) is 7.14. The fourth-order valence-corrected chi connectivity index (χ4v) is 0.986. The maximum absolute atomic E-state index is 4.55. The van der Waals surface area contributed by atoms with Crippen LogP contribution >= 0.6 is 36.2 Å². The van der Waals surface area contributed by atoms with Crippen molar-refractivity contribution in [3.05, 3.63) is 23.0 Å². The zero-order valence-electron chi connectivity index (χ0n) is 4.69. The van der Waals surface area contributed by atoms with Crippen LogP contribution in [0.2, 0.25) is 0 Å². The van der Waals surface area contributed by atoms with Gasteiger partial charge >= 0.3 is 0 Å². The van der Waals surface area contributed by atoms with Crippen molar-refractivity contribution in [1.29, 1.82) is 0 Å². The molecule has 0 nitrogen and oxygen atoms in total. The largest absolute Gasteiger partial charge is 0.106 e. The van der Waals surface area contributed by atoms with Crippen LogP contribution < -0.4 is 0 Å². The highest BCUT2D eigenvalue weighted by Gasteiger charge is 1.65. The van der Waals surface area contributed by atoms with Crippen molar-refractivity contribution in [2.75, 3.05) is 0 Å². The summed E-state index contributed by atoms with van der Waals surface area (Å²) in [6.07, 6.45) is 3.60. The first kappa shape index (κ1) is 9.01. The third-order valence-corrected chi connectivity index (χ3v) is 1.41. The first-order valence-corrected chi connectivity index (χ1v) is 4.16. The van der Waals surface area contributed by atoms with Crippen LogP contribution in [0.3, 0.4) is 0 Å². The Morgan fingerprint density at radius 3 is 1.67 bits per heavy atom. The fraction of sp³-hybridized carbons (Fsp3) is 0. The topological polar surface area (TPSA) is 0 Å². The molecular formula is C6H6S3. The summed E-state index contributed by atoms with van der Waals surface area (Å²) in [6.45, 7) is 0. The number of allylic oxidation sites excluding steroid dienone is 2. The van der Waals surface area contributed by atoms with Crippen LogP contribution in [-0.4, -0.2) is 10.7 Å². The minimum atomic E-state index is 1.55. The molecule has 48 valence electrons. The van der Waals surface area contributed by atoms with E-state index >= 15 is 0 Å². The van der Waals surface area contributed by atoms with Crippen molar-refractivity contribution in [3.8, 4) is 0 Å². The van der Waals surface area contributed by atoms with Gasteiger partial charge in [-0.1, -0.05) is 24.4 Å². The van der Waals surface area contributed by atoms with Gasteiger partial charge in [-0.25, -0.2) is 0 Å². The lowest BCUT2D eigenvalue weighted by Crippen LogP contribution is -1.51. The molecule has 0 aliphatic heterocycles. The molecule has 0 saturated heterocycles. The van der Waals surface area contributed by atoms with Crippen LogP contribution in [0.5, 0.6) is 0 Å². The molecule has 0 bridgehead atoms. The zero-order chi connectivity index (χ0) is 6.95. The van der Waals surface area contributed by atoms with Gasteiger partial charge in [0.2, 0.25) is 0 Å². The smallest absolute Gasteiger partial charge is 0.00187 e. The van der Waals surface area contributed by atoms with Gasteiger partial charge in [-0.3, -0.25) is 0 Å². The van der Waals surface area contributed by atoms with Crippen molar-refractivity contribution in [2.24, 2.45) is 0 Å². The Kier molecular flexibility index (Phi) is 8.02. The van der Waals surface area contributed by atoms with Crippen LogP contribution in [0.25, 0.3) is 0 Å². The maximum Gasteiger partial charge on any atom is 0.00187 e. The Morgan fingerprint density at radius 2 is 1.33 bits per heavy atom. The van der Waals surface area contributed by atoms with Crippen LogP contribution in [-0.2, 0) is 0 Å². The highest BCUT2D eigenvalue weighted by atomic mass is 32.2. The number of rotatable bonds is 4. The SMILES string of the molecule is S=C/C=C/S/C=C/C=S. The third kappa shape index (κ3) is 8.01. The summed E-state index contributed by atoms with van der Waals surface area (Å²) in [6, 6.07) is 0. The van der Waals surface area contributed by atoms with Gasteiger partial charge in [-0.15, -0.1) is 11.8 Å². The second-order valence-electron chi connectivity index (χ2n) is 1.07. The summed E-state index contributed by atoms with van der Waals surface area (Å²) in [5.74, 6) is 0. The van der Waals surface area contributed by atoms with Crippen LogP contribution in [0.15, 0.2) is 23.0 Å². The van der Waals surface area contributed by atoms with E-state index in [1.807, 2.05) is 10.8 Å². The average Bonchev–Trinajstić information content (AvgIpc) is 1.89. The second-order valence-corrected chi connectivity index (χ2v) is 2.43. The van der Waals surface area contributed by atoms with Crippen LogP contribution in [0.1, 0.15) is 0 Å². The standard InChI is InChI=1S/C6H6S3/c7-3-1-5-9-6-2-4-8/h1-6H/b5-1+,6-2+. The molecule has 0 radical (unpaired) electrons. The molecule has 0 aliphatic carbocycles. The summed E-state index contributed by atoms with van der Waals surface area (Å²) < 4.78 is 0. The summed E-state index contributed by atoms with van der Waals surface area (Å²) in [7, 11) is 0. The number of thioether (sulfide) groups is 1. The van der Waals surface area contributed by atoms with Gasteiger partial charge in [-0.2, -0.15) is 0 Å². The molecule has 3 heteroatoms. The molecule has 0 aromatic carbocycles. The van der Waals surface area contributed by atoms with E-state index in [0.717, 1.165) is 0 Å². The molecule has 0 unspecified atom stereocenters. The lowest BCUT2D eigenvalue weighted by atomic mass is 10.8. The minimum Gasteiger partial charge on any atom is -0.106 e. The molecule has 0 aromatic heterocycles. The van der Waals surface area contributed by atoms with E-state index < -0.39 is 0 Å². The average molecular weight is 174 g/mol. The Labute approximate surface area is 70.0 Å². The Hall–Kier alpha value is 0.01000. The maximum atomic E-state index is 4.55. The van der Waals surface area contributed by atoms with E-state index in [1.165, 1.54) is 0 Å². The lowest BCUT2D eigenvalue weighted by molar-refractivity contribution is 2.41. The van der Waals surface area contributed by atoms with E-state index in [4.69, 9.17) is 0 Å². The molecule has 0 heterocycles. The molecule has 0 saturated carbocycles. The predicted molar refractivity (Wildman–Crippen MR) is 53.2 cm³/mol. The number of hydrogen-bond acceptors (Lipinski definition) is 3. The molecule has 0 N–H and O–H groups in total. The van der Waals surface area contributed by atoms with E-state index in [1.54, 1.807) is 34.6 Å². The van der Waals surface area contributed by atoms with Gasteiger partial charge in [0, 0.05) is 10.7 Å². The van der Waals surface area contributed by atoms with Gasteiger partial charge < -0.3 is 0 Å². The third-order valence-electron chi connectivity index (χ3n) is 0.471. The number of thiocarbonyl (C=S) groups is 2. The lowest BCUT2D eigenvalue weighted by Gasteiger charge is -1.74. The van der Waals surface area contributed by atoms with Crippen LogP contribution in [0, 0.1) is 0 Å². The van der Waals surface area contributed by atoms with Gasteiger partial charge in [0.1, 0.15) is 0 Å². The Balaban J connectivity index is 3.27. The van der Waals surface area contributed by atoms with Crippen molar-refractivity contribution in [2.45, 2.75) is 0 Å². The quantitative estimate of drug-likeness (QED) is 0.475.